The van der Waals surface area contributed by atoms with Crippen LogP contribution in [0.2, 0.25) is 5.02 Å². The van der Waals surface area contributed by atoms with E-state index in [0.717, 1.165) is 9.92 Å². The number of rotatable bonds is 6. The van der Waals surface area contributed by atoms with Crippen LogP contribution in [0.15, 0.2) is 29.2 Å². The van der Waals surface area contributed by atoms with Crippen LogP contribution in [-0.2, 0) is 0 Å². The van der Waals surface area contributed by atoms with Crippen LogP contribution in [-0.4, -0.2) is 29.5 Å². The number of hydrogen-bond donors (Lipinski definition) is 2. The molecule has 0 saturated carbocycles. The van der Waals surface area contributed by atoms with E-state index in [1.165, 1.54) is 0 Å². The maximum atomic E-state index is 9.71. The van der Waals surface area contributed by atoms with Crippen molar-refractivity contribution in [1.29, 1.82) is 0 Å². The van der Waals surface area contributed by atoms with Crippen molar-refractivity contribution in [2.45, 2.75) is 30.9 Å². The van der Waals surface area contributed by atoms with Gasteiger partial charge in [0.1, 0.15) is 0 Å². The Morgan fingerprint density at radius 2 is 2.19 bits per heavy atom. The second-order valence-corrected chi connectivity index (χ2v) is 5.51. The fourth-order valence-corrected chi connectivity index (χ4v) is 2.32. The van der Waals surface area contributed by atoms with Crippen molar-refractivity contribution >= 4 is 23.4 Å². The number of halogens is 1. The second-order valence-electron chi connectivity index (χ2n) is 3.99. The number of thioether (sulfide) groups is 1. The maximum Gasteiger partial charge on any atom is 0.0758 e. The standard InChI is InChI=1S/C12H18ClNOS/c1-9(2)14-7-11(15)8-16-12-5-3-4-10(13)6-12/h3-6,9,11,14-15H,7-8H2,1-2H3. The van der Waals surface area contributed by atoms with Gasteiger partial charge in [-0.2, -0.15) is 0 Å². The molecule has 0 spiro atoms. The maximum absolute atomic E-state index is 9.71. The van der Waals surface area contributed by atoms with Gasteiger partial charge in [0.25, 0.3) is 0 Å². The Bertz CT molecular complexity index is 320. The predicted molar refractivity (Wildman–Crippen MR) is 71.3 cm³/mol. The number of aliphatic hydroxyl groups excluding tert-OH is 1. The quantitative estimate of drug-likeness (QED) is 0.771. The molecule has 0 heterocycles. The van der Waals surface area contributed by atoms with Gasteiger partial charge in [-0.15, -0.1) is 11.8 Å². The lowest BCUT2D eigenvalue weighted by Gasteiger charge is -2.13. The van der Waals surface area contributed by atoms with E-state index in [4.69, 9.17) is 11.6 Å². The smallest absolute Gasteiger partial charge is 0.0758 e. The predicted octanol–water partition coefficient (Wildman–Crippen LogP) is 2.79. The lowest BCUT2D eigenvalue weighted by molar-refractivity contribution is 0.192. The molecule has 1 aromatic rings. The van der Waals surface area contributed by atoms with Gasteiger partial charge >= 0.3 is 0 Å². The summed E-state index contributed by atoms with van der Waals surface area (Å²) in [5.41, 5.74) is 0. The zero-order valence-corrected chi connectivity index (χ0v) is 11.2. The molecule has 0 aliphatic heterocycles. The van der Waals surface area contributed by atoms with Crippen LogP contribution in [0.25, 0.3) is 0 Å². The van der Waals surface area contributed by atoms with Gasteiger partial charge in [-0.05, 0) is 18.2 Å². The van der Waals surface area contributed by atoms with E-state index >= 15 is 0 Å². The van der Waals surface area contributed by atoms with Gasteiger partial charge in [0.05, 0.1) is 6.10 Å². The van der Waals surface area contributed by atoms with Crippen LogP contribution in [0, 0.1) is 0 Å². The van der Waals surface area contributed by atoms with Crippen molar-refractivity contribution in [3.63, 3.8) is 0 Å². The van der Waals surface area contributed by atoms with Crippen LogP contribution in [0.1, 0.15) is 13.8 Å². The van der Waals surface area contributed by atoms with Gasteiger partial charge in [-0.25, -0.2) is 0 Å². The highest BCUT2D eigenvalue weighted by molar-refractivity contribution is 7.99. The minimum absolute atomic E-state index is 0.327. The van der Waals surface area contributed by atoms with Crippen molar-refractivity contribution in [3.05, 3.63) is 29.3 Å². The molecule has 0 bridgehead atoms. The summed E-state index contributed by atoms with van der Waals surface area (Å²) in [6.07, 6.45) is -0.327. The average molecular weight is 260 g/mol. The summed E-state index contributed by atoms with van der Waals surface area (Å²) in [6.45, 7) is 4.76. The molecular weight excluding hydrogens is 242 g/mol. The lowest BCUT2D eigenvalue weighted by atomic mass is 10.3. The molecule has 0 saturated heterocycles. The van der Waals surface area contributed by atoms with Gasteiger partial charge in [0, 0.05) is 28.3 Å². The second kappa shape index (κ2) is 7.17. The molecular formula is C12H18ClNOS. The average Bonchev–Trinajstić information content (AvgIpc) is 2.23. The largest absolute Gasteiger partial charge is 0.391 e. The summed E-state index contributed by atoms with van der Waals surface area (Å²) in [5.74, 6) is 0.681. The van der Waals surface area contributed by atoms with Crippen molar-refractivity contribution in [1.82, 2.24) is 5.32 Å². The fourth-order valence-electron chi connectivity index (χ4n) is 1.18. The fraction of sp³-hybridized carbons (Fsp3) is 0.500. The zero-order valence-electron chi connectivity index (χ0n) is 9.61. The third kappa shape index (κ3) is 5.75. The molecule has 1 rings (SSSR count). The van der Waals surface area contributed by atoms with Gasteiger partial charge in [-0.3, -0.25) is 0 Å². The molecule has 1 atom stereocenters. The highest BCUT2D eigenvalue weighted by Gasteiger charge is 2.05. The molecule has 0 fully saturated rings. The molecule has 0 aromatic heterocycles. The number of aliphatic hydroxyl groups is 1. The first-order chi connectivity index (χ1) is 7.58. The summed E-state index contributed by atoms with van der Waals surface area (Å²) in [6, 6.07) is 8.09. The van der Waals surface area contributed by atoms with Crippen molar-refractivity contribution in [2.24, 2.45) is 0 Å². The van der Waals surface area contributed by atoms with Crippen LogP contribution in [0.4, 0.5) is 0 Å². The van der Waals surface area contributed by atoms with Gasteiger partial charge in [0.15, 0.2) is 0 Å². The molecule has 0 aliphatic carbocycles. The third-order valence-electron chi connectivity index (χ3n) is 2.00. The molecule has 90 valence electrons. The Balaban J connectivity index is 2.28. The van der Waals surface area contributed by atoms with Crippen LogP contribution >= 0.6 is 23.4 Å². The number of hydrogen-bond acceptors (Lipinski definition) is 3. The van der Waals surface area contributed by atoms with Gasteiger partial charge in [0.2, 0.25) is 0 Å². The topological polar surface area (TPSA) is 32.3 Å². The van der Waals surface area contributed by atoms with E-state index in [1.54, 1.807) is 11.8 Å². The summed E-state index contributed by atoms with van der Waals surface area (Å²) >= 11 is 7.49. The van der Waals surface area contributed by atoms with Crippen LogP contribution in [0.5, 0.6) is 0 Å². The Morgan fingerprint density at radius 3 is 2.81 bits per heavy atom. The first-order valence-corrected chi connectivity index (χ1v) is 6.74. The molecule has 0 radical (unpaired) electrons. The first-order valence-electron chi connectivity index (χ1n) is 5.37. The third-order valence-corrected chi connectivity index (χ3v) is 3.37. The summed E-state index contributed by atoms with van der Waals surface area (Å²) < 4.78 is 0. The van der Waals surface area contributed by atoms with E-state index in [1.807, 2.05) is 24.3 Å². The lowest BCUT2D eigenvalue weighted by Crippen LogP contribution is -2.33. The Hall–Kier alpha value is -0.220. The van der Waals surface area contributed by atoms with Crippen molar-refractivity contribution in [2.75, 3.05) is 12.3 Å². The minimum atomic E-state index is -0.327. The highest BCUT2D eigenvalue weighted by atomic mass is 35.5. The van der Waals surface area contributed by atoms with E-state index in [-0.39, 0.29) is 6.10 Å². The molecule has 16 heavy (non-hydrogen) atoms. The molecule has 0 amide bonds. The van der Waals surface area contributed by atoms with Crippen LogP contribution < -0.4 is 5.32 Å². The molecule has 0 aliphatic rings. The molecule has 2 nitrogen and oxygen atoms in total. The van der Waals surface area contributed by atoms with Gasteiger partial charge in [-0.1, -0.05) is 31.5 Å². The van der Waals surface area contributed by atoms with E-state index in [0.29, 0.717) is 18.3 Å². The monoisotopic (exact) mass is 259 g/mol. The van der Waals surface area contributed by atoms with Gasteiger partial charge < -0.3 is 10.4 Å². The van der Waals surface area contributed by atoms with Crippen molar-refractivity contribution in [3.8, 4) is 0 Å². The number of nitrogens with one attached hydrogen (secondary N) is 1. The highest BCUT2D eigenvalue weighted by Crippen LogP contribution is 2.21. The SMILES string of the molecule is CC(C)NCC(O)CSc1cccc(Cl)c1. The Labute approximate surface area is 106 Å². The summed E-state index contributed by atoms with van der Waals surface area (Å²) in [7, 11) is 0. The molecule has 1 aromatic carbocycles. The van der Waals surface area contributed by atoms with E-state index in [2.05, 4.69) is 19.2 Å². The molecule has 1 unspecified atom stereocenters. The minimum Gasteiger partial charge on any atom is -0.391 e. The van der Waals surface area contributed by atoms with E-state index in [9.17, 15) is 5.11 Å². The first kappa shape index (κ1) is 13.8. The zero-order chi connectivity index (χ0) is 12.0. The Kier molecular flexibility index (Phi) is 6.21. The number of benzene rings is 1. The molecule has 4 heteroatoms. The summed E-state index contributed by atoms with van der Waals surface area (Å²) in [5, 5.41) is 13.7. The normalized spacial score (nSPS) is 13.1. The Morgan fingerprint density at radius 1 is 1.44 bits per heavy atom. The molecule has 2 N–H and O–H groups in total. The van der Waals surface area contributed by atoms with Crippen molar-refractivity contribution < 1.29 is 5.11 Å². The van der Waals surface area contributed by atoms with E-state index < -0.39 is 0 Å². The van der Waals surface area contributed by atoms with Crippen LogP contribution in [0.3, 0.4) is 0 Å². The summed E-state index contributed by atoms with van der Waals surface area (Å²) in [4.78, 5) is 1.09.